The number of carbonyl (C=O) groups is 3. The van der Waals surface area contributed by atoms with Gasteiger partial charge in [-0.15, -0.1) is 0 Å². The number of hydrogen-bond donors (Lipinski definition) is 0. The first-order chi connectivity index (χ1) is 18.3. The summed E-state index contributed by atoms with van der Waals surface area (Å²) in [6, 6.07) is 8.63. The number of benzene rings is 1. The zero-order valence-corrected chi connectivity index (χ0v) is 21.6. The number of nitro groups is 1. The molecule has 2 aromatic heterocycles. The van der Waals surface area contributed by atoms with Crippen LogP contribution in [0.4, 0.5) is 11.4 Å². The van der Waals surface area contributed by atoms with Crippen LogP contribution in [0.25, 0.3) is 0 Å². The van der Waals surface area contributed by atoms with Crippen LogP contribution in [-0.2, 0) is 20.9 Å². The molecule has 6 rings (SSSR count). The third-order valence-corrected chi connectivity index (χ3v) is 9.82. The number of non-ortho nitro benzene ring substituents is 1. The molecule has 196 valence electrons. The van der Waals surface area contributed by atoms with Gasteiger partial charge in [0.1, 0.15) is 17.6 Å². The summed E-state index contributed by atoms with van der Waals surface area (Å²) >= 11 is 2.09. The highest BCUT2D eigenvalue weighted by atomic mass is 32.2. The van der Waals surface area contributed by atoms with Crippen molar-refractivity contribution in [3.8, 4) is 0 Å². The summed E-state index contributed by atoms with van der Waals surface area (Å²) in [5.41, 5.74) is 0.0810. The Balaban J connectivity index is 1.39. The van der Waals surface area contributed by atoms with Crippen LogP contribution in [0.1, 0.15) is 35.8 Å². The molecule has 13 heteroatoms. The maximum absolute atomic E-state index is 13.7. The molecule has 1 aromatic carbocycles. The minimum atomic E-state index is -0.856. The number of thiazole rings is 1. The molecular weight excluding hydrogens is 532 g/mol. The first-order valence-corrected chi connectivity index (χ1v) is 13.9. The zero-order chi connectivity index (χ0) is 26.6. The van der Waals surface area contributed by atoms with Crippen molar-refractivity contribution in [2.75, 3.05) is 18.0 Å². The second-order valence-electron chi connectivity index (χ2n) is 9.41. The molecule has 3 amide bonds. The normalized spacial score (nSPS) is 22.9. The van der Waals surface area contributed by atoms with Gasteiger partial charge in [-0.1, -0.05) is 23.1 Å². The smallest absolute Gasteiger partial charge is 0.308 e. The molecule has 5 heterocycles. The number of amides is 3. The first-order valence-electron chi connectivity index (χ1n) is 12.2. The molecule has 0 aliphatic carbocycles. The van der Waals surface area contributed by atoms with E-state index in [-0.39, 0.29) is 28.7 Å². The lowest BCUT2D eigenvalue weighted by Gasteiger charge is -2.30. The number of furan rings is 1. The first kappa shape index (κ1) is 24.6. The molecule has 2 unspecified atom stereocenters. The SMILES string of the molecule is O=C(Cn1c2c(sc1=O)[C@H](c1ccco1)C1C(=O)N(c3ccc([N+](=O)[O-])cc3)C(=O)C1S2)N1CCCCC1. The molecular formula is C25H22N4O7S2. The fourth-order valence-electron chi connectivity index (χ4n) is 5.39. The number of imide groups is 1. The molecule has 38 heavy (non-hydrogen) atoms. The Labute approximate surface area is 224 Å². The highest BCUT2D eigenvalue weighted by Crippen LogP contribution is 2.54. The molecule has 0 radical (unpaired) electrons. The van der Waals surface area contributed by atoms with Crippen LogP contribution in [0.5, 0.6) is 0 Å². The summed E-state index contributed by atoms with van der Waals surface area (Å²) in [5.74, 6) is -2.17. The zero-order valence-electron chi connectivity index (χ0n) is 20.0. The van der Waals surface area contributed by atoms with E-state index in [9.17, 15) is 29.3 Å². The molecule has 11 nitrogen and oxygen atoms in total. The van der Waals surface area contributed by atoms with Gasteiger partial charge in [-0.2, -0.15) is 0 Å². The third kappa shape index (κ3) is 3.97. The number of likely N-dealkylation sites (tertiary alicyclic amines) is 1. The molecule has 2 saturated heterocycles. The standard InChI is InChI=1S/C25H22N4O7S2/c30-17(26-10-2-1-3-11-26)13-27-24-21(38-25(27)33)18(16-5-4-12-36-16)19-20(37-24)23(32)28(22(19)31)14-6-8-15(9-7-14)29(34)35/h4-9,12,18-20H,1-3,10-11,13H2/t18-,19?,20?/m1/s1. The van der Waals surface area contributed by atoms with Crippen LogP contribution in [0.2, 0.25) is 0 Å². The molecule has 3 aromatic rings. The van der Waals surface area contributed by atoms with Crippen LogP contribution in [0, 0.1) is 16.0 Å². The van der Waals surface area contributed by atoms with Crippen LogP contribution in [0.3, 0.4) is 0 Å². The number of fused-ring (bicyclic) bond motifs is 2. The Morgan fingerprint density at radius 2 is 1.79 bits per heavy atom. The number of anilines is 1. The lowest BCUT2D eigenvalue weighted by Crippen LogP contribution is -2.39. The van der Waals surface area contributed by atoms with E-state index >= 15 is 0 Å². The molecule has 0 N–H and O–H groups in total. The van der Waals surface area contributed by atoms with Crippen molar-refractivity contribution in [2.45, 2.75) is 42.0 Å². The number of nitro benzene ring substituents is 1. The Morgan fingerprint density at radius 1 is 1.05 bits per heavy atom. The maximum atomic E-state index is 13.7. The number of piperidine rings is 1. The van der Waals surface area contributed by atoms with E-state index in [1.807, 2.05) is 0 Å². The van der Waals surface area contributed by atoms with Crippen molar-refractivity contribution >= 4 is 52.2 Å². The van der Waals surface area contributed by atoms with Gasteiger partial charge >= 0.3 is 4.87 Å². The number of nitrogens with zero attached hydrogens (tertiary/aromatic N) is 4. The minimum absolute atomic E-state index is 0.131. The van der Waals surface area contributed by atoms with E-state index < -0.39 is 33.8 Å². The summed E-state index contributed by atoms with van der Waals surface area (Å²) in [7, 11) is 0. The summed E-state index contributed by atoms with van der Waals surface area (Å²) in [6.07, 6.45) is 4.40. The van der Waals surface area contributed by atoms with Crippen molar-refractivity contribution < 1.29 is 23.7 Å². The summed E-state index contributed by atoms with van der Waals surface area (Å²) in [6.45, 7) is 1.18. The van der Waals surface area contributed by atoms with Gasteiger partial charge in [-0.3, -0.25) is 33.9 Å². The van der Waals surface area contributed by atoms with Gasteiger partial charge in [0, 0.05) is 25.2 Å². The molecule has 0 spiro atoms. The fourth-order valence-corrected chi connectivity index (χ4v) is 8.14. The van der Waals surface area contributed by atoms with Gasteiger partial charge in [-0.25, -0.2) is 4.90 Å². The van der Waals surface area contributed by atoms with Gasteiger partial charge in [0.25, 0.3) is 5.69 Å². The Kier molecular flexibility index (Phi) is 6.19. The number of thioether (sulfide) groups is 1. The largest absolute Gasteiger partial charge is 0.469 e. The Morgan fingerprint density at radius 3 is 2.45 bits per heavy atom. The van der Waals surface area contributed by atoms with Crippen molar-refractivity contribution in [3.63, 3.8) is 0 Å². The van der Waals surface area contributed by atoms with Crippen molar-refractivity contribution in [1.82, 2.24) is 9.47 Å². The van der Waals surface area contributed by atoms with E-state index in [1.165, 1.54) is 35.1 Å². The van der Waals surface area contributed by atoms with Gasteiger partial charge < -0.3 is 9.32 Å². The fraction of sp³-hybridized carbons (Fsp3) is 0.360. The van der Waals surface area contributed by atoms with E-state index in [0.29, 0.717) is 28.8 Å². The number of carbonyl (C=O) groups excluding carboxylic acids is 3. The van der Waals surface area contributed by atoms with E-state index in [1.54, 1.807) is 17.0 Å². The number of rotatable bonds is 5. The molecule has 2 fully saturated rings. The van der Waals surface area contributed by atoms with E-state index in [0.717, 1.165) is 47.3 Å². The number of hydrogen-bond acceptors (Lipinski definition) is 9. The van der Waals surface area contributed by atoms with E-state index in [4.69, 9.17) is 4.42 Å². The molecule has 0 bridgehead atoms. The molecule has 0 saturated carbocycles. The van der Waals surface area contributed by atoms with Crippen molar-refractivity contribution in [1.29, 1.82) is 0 Å². The predicted octanol–water partition coefficient (Wildman–Crippen LogP) is 3.22. The predicted molar refractivity (Wildman–Crippen MR) is 138 cm³/mol. The van der Waals surface area contributed by atoms with Crippen molar-refractivity contribution in [2.24, 2.45) is 5.92 Å². The van der Waals surface area contributed by atoms with Crippen molar-refractivity contribution in [3.05, 3.63) is 73.1 Å². The second-order valence-corrected chi connectivity index (χ2v) is 11.5. The monoisotopic (exact) mass is 554 g/mol. The average molecular weight is 555 g/mol. The molecule has 3 atom stereocenters. The Hall–Kier alpha value is -3.71. The second kappa shape index (κ2) is 9.55. The highest BCUT2D eigenvalue weighted by Gasteiger charge is 2.57. The minimum Gasteiger partial charge on any atom is -0.469 e. The Bertz CT molecular complexity index is 1490. The van der Waals surface area contributed by atoms with Gasteiger partial charge in [0.15, 0.2) is 0 Å². The van der Waals surface area contributed by atoms with Gasteiger partial charge in [-0.05, 0) is 43.5 Å². The topological polar surface area (TPSA) is 136 Å². The maximum Gasteiger partial charge on any atom is 0.308 e. The lowest BCUT2D eigenvalue weighted by molar-refractivity contribution is -0.384. The lowest BCUT2D eigenvalue weighted by atomic mass is 9.87. The summed E-state index contributed by atoms with van der Waals surface area (Å²) in [4.78, 5) is 67.1. The number of aromatic nitrogens is 1. The quantitative estimate of drug-likeness (QED) is 0.266. The summed E-state index contributed by atoms with van der Waals surface area (Å²) < 4.78 is 7.10. The van der Waals surface area contributed by atoms with Crippen LogP contribution >= 0.6 is 23.1 Å². The average Bonchev–Trinajstić information content (AvgIpc) is 3.62. The summed E-state index contributed by atoms with van der Waals surface area (Å²) in [5, 5.41) is 10.7. The van der Waals surface area contributed by atoms with E-state index in [2.05, 4.69) is 0 Å². The molecule has 3 aliphatic rings. The highest BCUT2D eigenvalue weighted by molar-refractivity contribution is 8.00. The van der Waals surface area contributed by atoms with Gasteiger partial charge in [0.2, 0.25) is 17.7 Å². The molecule has 3 aliphatic heterocycles. The van der Waals surface area contributed by atoms with Crippen LogP contribution < -0.4 is 9.77 Å². The van der Waals surface area contributed by atoms with Crippen LogP contribution in [-0.4, -0.2) is 50.5 Å². The third-order valence-electron chi connectivity index (χ3n) is 7.22. The van der Waals surface area contributed by atoms with Crippen LogP contribution in [0.15, 0.2) is 56.9 Å². The van der Waals surface area contributed by atoms with Gasteiger partial charge in [0.05, 0.1) is 38.6 Å².